The van der Waals surface area contributed by atoms with Gasteiger partial charge in [-0.15, -0.1) is 0 Å². The number of nitrogens with one attached hydrogen (secondary N) is 2. The molecule has 3 aromatic rings. The lowest BCUT2D eigenvalue weighted by Gasteiger charge is -2.11. The van der Waals surface area contributed by atoms with E-state index in [2.05, 4.69) is 39.8 Å². The molecule has 3 rings (SSSR count). The smallest absolute Gasteiger partial charge is 0.191 e. The number of hydrogen-bond acceptors (Lipinski definition) is 2. The van der Waals surface area contributed by atoms with Crippen LogP contribution < -0.4 is 10.6 Å². The van der Waals surface area contributed by atoms with Gasteiger partial charge in [0.15, 0.2) is 5.96 Å². The summed E-state index contributed by atoms with van der Waals surface area (Å²) in [6, 6.07) is 13.9. The van der Waals surface area contributed by atoms with Crippen molar-refractivity contribution in [3.05, 3.63) is 71.1 Å². The molecule has 1 aromatic carbocycles. The van der Waals surface area contributed by atoms with Crippen molar-refractivity contribution >= 4 is 23.2 Å². The van der Waals surface area contributed by atoms with Crippen LogP contribution in [-0.4, -0.2) is 35.0 Å². The molecule has 0 unspecified atom stereocenters. The summed E-state index contributed by atoms with van der Waals surface area (Å²) in [5.74, 6) is 0.823. The highest BCUT2D eigenvalue weighted by Gasteiger charge is 2.03. The van der Waals surface area contributed by atoms with Gasteiger partial charge in [0.25, 0.3) is 0 Å². The van der Waals surface area contributed by atoms with Crippen LogP contribution in [0.15, 0.2) is 59.9 Å². The Hall–Kier alpha value is -2.53. The second kappa shape index (κ2) is 9.25. The molecule has 0 fully saturated rings. The number of rotatable bonds is 7. The molecule has 2 N–H and O–H groups in total. The molecule has 0 atom stereocenters. The Balaban J connectivity index is 1.52. The SMILES string of the molecule is CCNC(=NCCc1cn2ccccc2n1)NCCc1ccccc1Cl. The van der Waals surface area contributed by atoms with E-state index in [0.29, 0.717) is 6.54 Å². The predicted molar refractivity (Wildman–Crippen MR) is 108 cm³/mol. The van der Waals surface area contributed by atoms with Crippen LogP contribution in [0.3, 0.4) is 0 Å². The quantitative estimate of drug-likeness (QED) is 0.496. The highest BCUT2D eigenvalue weighted by atomic mass is 35.5. The predicted octanol–water partition coefficient (Wildman–Crippen LogP) is 3.33. The number of guanidine groups is 1. The third-order valence-corrected chi connectivity index (χ3v) is 4.41. The van der Waals surface area contributed by atoms with Gasteiger partial charge in [0.1, 0.15) is 5.65 Å². The van der Waals surface area contributed by atoms with Crippen LogP contribution in [0.2, 0.25) is 5.02 Å². The lowest BCUT2D eigenvalue weighted by Crippen LogP contribution is -2.38. The Labute approximate surface area is 159 Å². The maximum Gasteiger partial charge on any atom is 0.191 e. The van der Waals surface area contributed by atoms with Crippen molar-refractivity contribution in [1.82, 2.24) is 20.0 Å². The molecule has 0 aliphatic heterocycles. The standard InChI is InChI=1S/C20H24ClN5/c1-2-22-20(23-12-10-16-7-3-4-8-18(16)21)24-13-11-17-15-26-14-6-5-9-19(26)25-17/h3-9,14-15H,2,10-13H2,1H3,(H2,22,23,24). The summed E-state index contributed by atoms with van der Waals surface area (Å²) in [4.78, 5) is 9.25. The van der Waals surface area contributed by atoms with Gasteiger partial charge >= 0.3 is 0 Å². The zero-order chi connectivity index (χ0) is 18.2. The fourth-order valence-corrected chi connectivity index (χ4v) is 2.98. The molecular formula is C20H24ClN5. The topological polar surface area (TPSA) is 53.7 Å². The Bertz CT molecular complexity index is 838. The van der Waals surface area contributed by atoms with E-state index in [0.717, 1.165) is 53.8 Å². The van der Waals surface area contributed by atoms with E-state index in [-0.39, 0.29) is 0 Å². The molecule has 0 aliphatic carbocycles. The summed E-state index contributed by atoms with van der Waals surface area (Å²) < 4.78 is 2.03. The van der Waals surface area contributed by atoms with Gasteiger partial charge in [0.05, 0.1) is 5.69 Å². The van der Waals surface area contributed by atoms with Crippen molar-refractivity contribution in [3.63, 3.8) is 0 Å². The van der Waals surface area contributed by atoms with Crippen LogP contribution in [0.25, 0.3) is 5.65 Å². The van der Waals surface area contributed by atoms with Crippen LogP contribution in [0.1, 0.15) is 18.2 Å². The molecule has 0 bridgehead atoms. The lowest BCUT2D eigenvalue weighted by atomic mass is 10.1. The molecule has 2 aromatic heterocycles. The number of benzene rings is 1. The monoisotopic (exact) mass is 369 g/mol. The molecule has 2 heterocycles. The molecule has 0 radical (unpaired) electrons. The van der Waals surface area contributed by atoms with E-state index in [1.807, 2.05) is 47.0 Å². The van der Waals surface area contributed by atoms with Crippen molar-refractivity contribution in [2.45, 2.75) is 19.8 Å². The number of aromatic nitrogens is 2. The van der Waals surface area contributed by atoms with Gasteiger partial charge in [0.2, 0.25) is 0 Å². The van der Waals surface area contributed by atoms with Gasteiger partial charge in [-0.25, -0.2) is 4.98 Å². The first-order valence-electron chi connectivity index (χ1n) is 8.94. The average molecular weight is 370 g/mol. The highest BCUT2D eigenvalue weighted by molar-refractivity contribution is 6.31. The second-order valence-electron chi connectivity index (χ2n) is 5.98. The van der Waals surface area contributed by atoms with Crippen LogP contribution in [0, 0.1) is 0 Å². The van der Waals surface area contributed by atoms with Gasteiger partial charge in [-0.05, 0) is 37.1 Å². The number of halogens is 1. The number of hydrogen-bond donors (Lipinski definition) is 2. The number of nitrogens with zero attached hydrogens (tertiary/aromatic N) is 3. The number of aliphatic imine (C=N–C) groups is 1. The third-order valence-electron chi connectivity index (χ3n) is 4.04. The van der Waals surface area contributed by atoms with E-state index in [4.69, 9.17) is 11.6 Å². The zero-order valence-electron chi connectivity index (χ0n) is 15.0. The molecule has 0 amide bonds. The molecule has 0 saturated carbocycles. The third kappa shape index (κ3) is 4.99. The average Bonchev–Trinajstić information content (AvgIpc) is 3.06. The van der Waals surface area contributed by atoms with Crippen LogP contribution in [0.5, 0.6) is 0 Å². The minimum absolute atomic E-state index is 0.686. The minimum Gasteiger partial charge on any atom is -0.357 e. The second-order valence-corrected chi connectivity index (χ2v) is 6.38. The molecule has 0 spiro atoms. The summed E-state index contributed by atoms with van der Waals surface area (Å²) in [7, 11) is 0. The zero-order valence-corrected chi connectivity index (χ0v) is 15.7. The Morgan fingerprint density at radius 2 is 1.96 bits per heavy atom. The van der Waals surface area contributed by atoms with Crippen molar-refractivity contribution in [1.29, 1.82) is 0 Å². The molecular weight excluding hydrogens is 346 g/mol. The number of pyridine rings is 1. The van der Waals surface area contributed by atoms with E-state index >= 15 is 0 Å². The van der Waals surface area contributed by atoms with Crippen molar-refractivity contribution in [2.75, 3.05) is 19.6 Å². The lowest BCUT2D eigenvalue weighted by molar-refractivity contribution is 0.795. The van der Waals surface area contributed by atoms with E-state index in [1.54, 1.807) is 0 Å². The Kier molecular flexibility index (Phi) is 6.50. The maximum atomic E-state index is 6.20. The minimum atomic E-state index is 0.686. The van der Waals surface area contributed by atoms with Gasteiger partial charge in [-0.3, -0.25) is 4.99 Å². The van der Waals surface area contributed by atoms with Gasteiger partial charge in [-0.2, -0.15) is 0 Å². The Morgan fingerprint density at radius 3 is 2.77 bits per heavy atom. The number of imidazole rings is 1. The molecule has 26 heavy (non-hydrogen) atoms. The summed E-state index contributed by atoms with van der Waals surface area (Å²) in [5, 5.41) is 7.45. The fraction of sp³-hybridized carbons (Fsp3) is 0.300. The summed E-state index contributed by atoms with van der Waals surface area (Å²) in [5.41, 5.74) is 3.16. The van der Waals surface area contributed by atoms with E-state index < -0.39 is 0 Å². The maximum absolute atomic E-state index is 6.20. The van der Waals surface area contributed by atoms with E-state index in [9.17, 15) is 0 Å². The summed E-state index contributed by atoms with van der Waals surface area (Å²) in [6.45, 7) is 4.36. The van der Waals surface area contributed by atoms with Gasteiger partial charge < -0.3 is 15.0 Å². The Morgan fingerprint density at radius 1 is 1.12 bits per heavy atom. The van der Waals surface area contributed by atoms with Crippen LogP contribution in [-0.2, 0) is 12.8 Å². The molecule has 136 valence electrons. The first-order valence-corrected chi connectivity index (χ1v) is 9.32. The van der Waals surface area contributed by atoms with Crippen molar-refractivity contribution < 1.29 is 0 Å². The summed E-state index contributed by atoms with van der Waals surface area (Å²) >= 11 is 6.20. The molecule has 0 saturated heterocycles. The van der Waals surface area contributed by atoms with Crippen LogP contribution in [0.4, 0.5) is 0 Å². The molecule has 5 nitrogen and oxygen atoms in total. The summed E-state index contributed by atoms with van der Waals surface area (Å²) in [6.07, 6.45) is 5.73. The first-order chi connectivity index (χ1) is 12.8. The van der Waals surface area contributed by atoms with E-state index in [1.165, 1.54) is 0 Å². The molecule has 6 heteroatoms. The normalized spacial score (nSPS) is 11.7. The van der Waals surface area contributed by atoms with Gasteiger partial charge in [0, 0.05) is 43.5 Å². The van der Waals surface area contributed by atoms with Crippen molar-refractivity contribution in [2.24, 2.45) is 4.99 Å². The fourth-order valence-electron chi connectivity index (χ4n) is 2.75. The first kappa shape index (κ1) is 18.3. The molecule has 0 aliphatic rings. The van der Waals surface area contributed by atoms with Crippen molar-refractivity contribution in [3.8, 4) is 0 Å². The largest absolute Gasteiger partial charge is 0.357 e. The van der Waals surface area contributed by atoms with Gasteiger partial charge in [-0.1, -0.05) is 35.9 Å². The van der Waals surface area contributed by atoms with Crippen LogP contribution >= 0.6 is 11.6 Å². The number of fused-ring (bicyclic) bond motifs is 1. The highest BCUT2D eigenvalue weighted by Crippen LogP contribution is 2.14.